The van der Waals surface area contributed by atoms with Gasteiger partial charge in [0.25, 0.3) is 0 Å². The number of hydrogen-bond donors (Lipinski definition) is 1. The normalized spacial score (nSPS) is 9.36. The van der Waals surface area contributed by atoms with E-state index < -0.39 is 5.97 Å². The third-order valence-corrected chi connectivity index (χ3v) is 1.42. The van der Waals surface area contributed by atoms with Crippen molar-refractivity contribution in [3.05, 3.63) is 0 Å². The standard InChI is InChI=1S/C8H16O2.Rh/c1-7(2)5-3-4-6-8(9)10;/h7H,3-6H2,1-2H3,(H,9,10);. The van der Waals surface area contributed by atoms with E-state index in [1.807, 2.05) is 0 Å². The average molecular weight is 247 g/mol. The molecule has 0 aliphatic carbocycles. The van der Waals surface area contributed by atoms with Gasteiger partial charge in [0.1, 0.15) is 0 Å². The van der Waals surface area contributed by atoms with Crippen molar-refractivity contribution in [1.29, 1.82) is 0 Å². The van der Waals surface area contributed by atoms with E-state index in [-0.39, 0.29) is 19.5 Å². The molecule has 0 aromatic heterocycles. The van der Waals surface area contributed by atoms with Crippen molar-refractivity contribution in [2.24, 2.45) is 5.92 Å². The first-order valence-electron chi connectivity index (χ1n) is 3.84. The Morgan fingerprint density at radius 2 is 1.91 bits per heavy atom. The molecule has 11 heavy (non-hydrogen) atoms. The summed E-state index contributed by atoms with van der Waals surface area (Å²) in [6.45, 7) is 4.31. The van der Waals surface area contributed by atoms with E-state index in [4.69, 9.17) is 5.11 Å². The van der Waals surface area contributed by atoms with E-state index >= 15 is 0 Å². The fourth-order valence-corrected chi connectivity index (χ4v) is 0.829. The van der Waals surface area contributed by atoms with Gasteiger partial charge in [-0.05, 0) is 12.3 Å². The van der Waals surface area contributed by atoms with Gasteiger partial charge in [0.15, 0.2) is 0 Å². The smallest absolute Gasteiger partial charge is 0.303 e. The Labute approximate surface area is 81.1 Å². The Morgan fingerprint density at radius 3 is 2.27 bits per heavy atom. The van der Waals surface area contributed by atoms with Crippen LogP contribution in [0.2, 0.25) is 0 Å². The monoisotopic (exact) mass is 247 g/mol. The molecule has 69 valence electrons. The molecule has 0 amide bonds. The largest absolute Gasteiger partial charge is 0.481 e. The average Bonchev–Trinajstić information content (AvgIpc) is 1.79. The number of carboxylic acids is 1. The Bertz CT molecular complexity index is 102. The summed E-state index contributed by atoms with van der Waals surface area (Å²) in [5.41, 5.74) is 0. The predicted molar refractivity (Wildman–Crippen MR) is 40.9 cm³/mol. The van der Waals surface area contributed by atoms with Gasteiger partial charge in [-0.3, -0.25) is 4.79 Å². The van der Waals surface area contributed by atoms with Crippen LogP contribution in [0.15, 0.2) is 0 Å². The summed E-state index contributed by atoms with van der Waals surface area (Å²) >= 11 is 0. The van der Waals surface area contributed by atoms with Crippen LogP contribution >= 0.6 is 0 Å². The molecule has 0 rings (SSSR count). The number of carboxylic acid groups (broad SMARTS) is 1. The summed E-state index contributed by atoms with van der Waals surface area (Å²) in [7, 11) is 0. The van der Waals surface area contributed by atoms with E-state index in [0.717, 1.165) is 19.3 Å². The van der Waals surface area contributed by atoms with E-state index in [0.29, 0.717) is 12.3 Å². The van der Waals surface area contributed by atoms with Crippen LogP contribution < -0.4 is 0 Å². The topological polar surface area (TPSA) is 37.3 Å². The summed E-state index contributed by atoms with van der Waals surface area (Å²) in [4.78, 5) is 10.0. The molecule has 0 heterocycles. The molecule has 0 fully saturated rings. The van der Waals surface area contributed by atoms with Crippen molar-refractivity contribution in [2.75, 3.05) is 0 Å². The van der Waals surface area contributed by atoms with E-state index in [2.05, 4.69) is 13.8 Å². The summed E-state index contributed by atoms with van der Waals surface area (Å²) < 4.78 is 0. The zero-order chi connectivity index (χ0) is 7.98. The van der Waals surface area contributed by atoms with Crippen molar-refractivity contribution >= 4 is 5.97 Å². The van der Waals surface area contributed by atoms with Crippen LogP contribution in [0.1, 0.15) is 39.5 Å². The molecule has 0 atom stereocenters. The molecule has 1 N–H and O–H groups in total. The second-order valence-electron chi connectivity index (χ2n) is 3.03. The molecule has 0 saturated carbocycles. The van der Waals surface area contributed by atoms with Gasteiger partial charge in [0.2, 0.25) is 0 Å². The fourth-order valence-electron chi connectivity index (χ4n) is 0.829. The second kappa shape index (κ2) is 8.19. The van der Waals surface area contributed by atoms with Crippen LogP contribution in [0, 0.1) is 5.92 Å². The number of unbranched alkanes of at least 4 members (excludes halogenated alkanes) is 1. The van der Waals surface area contributed by atoms with Gasteiger partial charge in [-0.1, -0.05) is 26.7 Å². The molecule has 0 unspecified atom stereocenters. The molecule has 1 radical (unpaired) electrons. The first-order valence-corrected chi connectivity index (χ1v) is 3.84. The SMILES string of the molecule is CC(C)CCCCC(=O)O.[Rh]. The van der Waals surface area contributed by atoms with Crippen molar-refractivity contribution < 1.29 is 29.4 Å². The predicted octanol–water partition coefficient (Wildman–Crippen LogP) is 2.28. The molecule has 0 aromatic rings. The first-order chi connectivity index (χ1) is 4.63. The molecule has 0 aliphatic rings. The molecule has 0 bridgehead atoms. The Morgan fingerprint density at radius 1 is 1.36 bits per heavy atom. The zero-order valence-corrected chi connectivity index (χ0v) is 8.73. The van der Waals surface area contributed by atoms with E-state index in [1.54, 1.807) is 0 Å². The fraction of sp³-hybridized carbons (Fsp3) is 0.875. The zero-order valence-electron chi connectivity index (χ0n) is 7.09. The molecular weight excluding hydrogens is 231 g/mol. The summed E-state index contributed by atoms with van der Waals surface area (Å²) in [5.74, 6) is 0.0255. The van der Waals surface area contributed by atoms with Crippen molar-refractivity contribution in [2.45, 2.75) is 39.5 Å². The molecular formula is C8H16O2Rh. The number of aliphatic carboxylic acids is 1. The summed E-state index contributed by atoms with van der Waals surface area (Å²) in [6, 6.07) is 0. The minimum Gasteiger partial charge on any atom is -0.481 e. The molecule has 0 spiro atoms. The van der Waals surface area contributed by atoms with Crippen molar-refractivity contribution in [3.8, 4) is 0 Å². The summed E-state index contributed by atoms with van der Waals surface area (Å²) in [5, 5.41) is 8.28. The van der Waals surface area contributed by atoms with Crippen LogP contribution in [-0.4, -0.2) is 11.1 Å². The van der Waals surface area contributed by atoms with Crippen molar-refractivity contribution in [3.63, 3.8) is 0 Å². The van der Waals surface area contributed by atoms with Gasteiger partial charge in [0, 0.05) is 25.9 Å². The third-order valence-electron chi connectivity index (χ3n) is 1.42. The maximum absolute atomic E-state index is 10.0. The van der Waals surface area contributed by atoms with Crippen molar-refractivity contribution in [1.82, 2.24) is 0 Å². The Kier molecular flexibility index (Phi) is 10.2. The van der Waals surface area contributed by atoms with Crippen LogP contribution in [-0.2, 0) is 24.3 Å². The Balaban J connectivity index is 0. The van der Waals surface area contributed by atoms with Crippen LogP contribution in [0.3, 0.4) is 0 Å². The van der Waals surface area contributed by atoms with E-state index in [9.17, 15) is 4.79 Å². The van der Waals surface area contributed by atoms with Crippen LogP contribution in [0.5, 0.6) is 0 Å². The van der Waals surface area contributed by atoms with Crippen LogP contribution in [0.4, 0.5) is 0 Å². The van der Waals surface area contributed by atoms with Gasteiger partial charge < -0.3 is 5.11 Å². The number of carbonyl (C=O) groups is 1. The van der Waals surface area contributed by atoms with Gasteiger partial charge >= 0.3 is 5.97 Å². The molecule has 0 aliphatic heterocycles. The van der Waals surface area contributed by atoms with Crippen LogP contribution in [0.25, 0.3) is 0 Å². The molecule has 2 nitrogen and oxygen atoms in total. The molecule has 0 aromatic carbocycles. The molecule has 0 saturated heterocycles. The minimum atomic E-state index is -0.677. The number of rotatable bonds is 5. The molecule has 3 heteroatoms. The van der Waals surface area contributed by atoms with Gasteiger partial charge in [0.05, 0.1) is 0 Å². The maximum Gasteiger partial charge on any atom is 0.303 e. The minimum absolute atomic E-state index is 0. The second-order valence-corrected chi connectivity index (χ2v) is 3.03. The quantitative estimate of drug-likeness (QED) is 0.597. The maximum atomic E-state index is 10.0. The van der Waals surface area contributed by atoms with Gasteiger partial charge in [-0.2, -0.15) is 0 Å². The first kappa shape index (κ1) is 13.7. The van der Waals surface area contributed by atoms with E-state index in [1.165, 1.54) is 0 Å². The van der Waals surface area contributed by atoms with Gasteiger partial charge in [-0.25, -0.2) is 0 Å². The number of hydrogen-bond acceptors (Lipinski definition) is 1. The third kappa shape index (κ3) is 13.1. The summed E-state index contributed by atoms with van der Waals surface area (Å²) in [6.07, 6.45) is 3.34. The van der Waals surface area contributed by atoms with Gasteiger partial charge in [-0.15, -0.1) is 0 Å². The Hall–Kier alpha value is 0.0934.